The molecule has 0 saturated carbocycles. The fraction of sp³-hybridized carbons (Fsp3) is 0.200. The standard InChI is InChI=1S/C15H16BrN3O/c1-18(10-13-9-17-19(2)11-13)15(20)8-5-12-3-6-14(16)7-4-12/h3-9,11H,10H2,1-2H3/b8-5+. The zero-order valence-electron chi connectivity index (χ0n) is 11.5. The molecule has 1 aromatic heterocycles. The number of halogens is 1. The second-order valence-corrected chi connectivity index (χ2v) is 5.52. The van der Waals surface area contributed by atoms with E-state index in [2.05, 4.69) is 21.0 Å². The van der Waals surface area contributed by atoms with Gasteiger partial charge in [-0.05, 0) is 23.8 Å². The third-order valence-corrected chi connectivity index (χ3v) is 3.37. The van der Waals surface area contributed by atoms with Crippen molar-refractivity contribution < 1.29 is 4.79 Å². The van der Waals surface area contributed by atoms with E-state index in [1.165, 1.54) is 0 Å². The number of amides is 1. The molecule has 5 heteroatoms. The molecule has 2 aromatic rings. The molecular weight excluding hydrogens is 318 g/mol. The minimum absolute atomic E-state index is 0.0308. The monoisotopic (exact) mass is 333 g/mol. The molecular formula is C15H16BrN3O. The van der Waals surface area contributed by atoms with Gasteiger partial charge in [0.05, 0.1) is 6.20 Å². The molecule has 1 heterocycles. The van der Waals surface area contributed by atoms with E-state index in [0.29, 0.717) is 6.54 Å². The first-order valence-electron chi connectivity index (χ1n) is 6.21. The zero-order chi connectivity index (χ0) is 14.5. The molecule has 4 nitrogen and oxygen atoms in total. The molecule has 104 valence electrons. The number of hydrogen-bond acceptors (Lipinski definition) is 2. The summed E-state index contributed by atoms with van der Waals surface area (Å²) in [5, 5.41) is 4.09. The summed E-state index contributed by atoms with van der Waals surface area (Å²) < 4.78 is 2.75. The number of carbonyl (C=O) groups is 1. The Morgan fingerprint density at radius 3 is 2.70 bits per heavy atom. The van der Waals surface area contributed by atoms with Crippen molar-refractivity contribution in [3.8, 4) is 0 Å². The molecule has 0 atom stereocenters. The number of benzene rings is 1. The fourth-order valence-electron chi connectivity index (χ4n) is 1.77. The Hall–Kier alpha value is -1.88. The van der Waals surface area contributed by atoms with E-state index >= 15 is 0 Å². The summed E-state index contributed by atoms with van der Waals surface area (Å²) in [5.41, 5.74) is 2.01. The minimum Gasteiger partial charge on any atom is -0.338 e. The van der Waals surface area contributed by atoms with Crippen molar-refractivity contribution in [3.05, 3.63) is 58.3 Å². The van der Waals surface area contributed by atoms with E-state index in [0.717, 1.165) is 15.6 Å². The van der Waals surface area contributed by atoms with Gasteiger partial charge in [-0.25, -0.2) is 0 Å². The van der Waals surface area contributed by atoms with Crippen molar-refractivity contribution in [2.24, 2.45) is 7.05 Å². The molecule has 1 aromatic carbocycles. The molecule has 0 fully saturated rings. The maximum Gasteiger partial charge on any atom is 0.246 e. The largest absolute Gasteiger partial charge is 0.338 e. The molecule has 0 aliphatic rings. The average Bonchev–Trinajstić information content (AvgIpc) is 2.83. The van der Waals surface area contributed by atoms with Gasteiger partial charge in [-0.15, -0.1) is 0 Å². The molecule has 0 bridgehead atoms. The lowest BCUT2D eigenvalue weighted by Crippen LogP contribution is -2.23. The topological polar surface area (TPSA) is 38.1 Å². The number of carbonyl (C=O) groups excluding carboxylic acids is 1. The molecule has 0 saturated heterocycles. The highest BCUT2D eigenvalue weighted by Crippen LogP contribution is 2.11. The first kappa shape index (κ1) is 14.5. The summed E-state index contributed by atoms with van der Waals surface area (Å²) in [5.74, 6) is -0.0308. The van der Waals surface area contributed by atoms with Crippen LogP contribution in [-0.2, 0) is 18.4 Å². The van der Waals surface area contributed by atoms with E-state index in [9.17, 15) is 4.79 Å². The minimum atomic E-state index is -0.0308. The first-order valence-corrected chi connectivity index (χ1v) is 7.00. The number of nitrogens with zero attached hydrogens (tertiary/aromatic N) is 3. The van der Waals surface area contributed by atoms with Gasteiger partial charge in [-0.2, -0.15) is 5.10 Å². The normalized spacial score (nSPS) is 10.9. The predicted molar refractivity (Wildman–Crippen MR) is 82.9 cm³/mol. The van der Waals surface area contributed by atoms with Crippen molar-refractivity contribution in [1.29, 1.82) is 0 Å². The van der Waals surface area contributed by atoms with Crippen LogP contribution in [0.15, 0.2) is 47.2 Å². The van der Waals surface area contributed by atoms with Crippen LogP contribution in [-0.4, -0.2) is 27.6 Å². The van der Waals surface area contributed by atoms with Crippen molar-refractivity contribution >= 4 is 27.9 Å². The fourth-order valence-corrected chi connectivity index (χ4v) is 2.04. The maximum atomic E-state index is 12.0. The summed E-state index contributed by atoms with van der Waals surface area (Å²) in [6.07, 6.45) is 7.07. The lowest BCUT2D eigenvalue weighted by Gasteiger charge is -2.13. The van der Waals surface area contributed by atoms with Gasteiger partial charge >= 0.3 is 0 Å². The Balaban J connectivity index is 1.95. The SMILES string of the molecule is CN(Cc1cnn(C)c1)C(=O)/C=C/c1ccc(Br)cc1. The Kier molecular flexibility index (Phi) is 4.74. The van der Waals surface area contributed by atoms with Gasteiger partial charge in [0.1, 0.15) is 0 Å². The zero-order valence-corrected chi connectivity index (χ0v) is 13.0. The van der Waals surface area contributed by atoms with Crippen LogP contribution in [0.2, 0.25) is 0 Å². The summed E-state index contributed by atoms with van der Waals surface area (Å²) in [7, 11) is 3.64. The van der Waals surface area contributed by atoms with Crippen LogP contribution in [0.3, 0.4) is 0 Å². The van der Waals surface area contributed by atoms with Crippen LogP contribution >= 0.6 is 15.9 Å². The second kappa shape index (κ2) is 6.52. The van der Waals surface area contributed by atoms with Gasteiger partial charge in [0.25, 0.3) is 0 Å². The lowest BCUT2D eigenvalue weighted by atomic mass is 10.2. The summed E-state index contributed by atoms with van der Waals surface area (Å²) in [6.45, 7) is 0.553. The number of likely N-dealkylation sites (N-methyl/N-ethyl adjacent to an activating group) is 1. The Labute approximate surface area is 126 Å². The van der Waals surface area contributed by atoms with Crippen LogP contribution in [0.5, 0.6) is 0 Å². The highest BCUT2D eigenvalue weighted by molar-refractivity contribution is 9.10. The highest BCUT2D eigenvalue weighted by Gasteiger charge is 2.06. The smallest absolute Gasteiger partial charge is 0.246 e. The van der Waals surface area contributed by atoms with E-state index in [1.54, 1.807) is 28.9 Å². The van der Waals surface area contributed by atoms with E-state index in [-0.39, 0.29) is 5.91 Å². The number of rotatable bonds is 4. The van der Waals surface area contributed by atoms with E-state index < -0.39 is 0 Å². The molecule has 0 unspecified atom stereocenters. The van der Waals surface area contributed by atoms with Crippen molar-refractivity contribution in [1.82, 2.24) is 14.7 Å². The first-order chi connectivity index (χ1) is 9.54. The Bertz CT molecular complexity index is 616. The number of hydrogen-bond donors (Lipinski definition) is 0. The van der Waals surface area contributed by atoms with Crippen molar-refractivity contribution in [3.63, 3.8) is 0 Å². The van der Waals surface area contributed by atoms with Crippen molar-refractivity contribution in [2.45, 2.75) is 6.54 Å². The molecule has 20 heavy (non-hydrogen) atoms. The van der Waals surface area contributed by atoms with Crippen LogP contribution in [0.1, 0.15) is 11.1 Å². The van der Waals surface area contributed by atoms with Crippen molar-refractivity contribution in [2.75, 3.05) is 7.05 Å². The maximum absolute atomic E-state index is 12.0. The van der Waals surface area contributed by atoms with Gasteiger partial charge in [0.2, 0.25) is 5.91 Å². The lowest BCUT2D eigenvalue weighted by molar-refractivity contribution is -0.125. The van der Waals surface area contributed by atoms with Crippen LogP contribution in [0, 0.1) is 0 Å². The van der Waals surface area contributed by atoms with Crippen LogP contribution in [0.25, 0.3) is 6.08 Å². The second-order valence-electron chi connectivity index (χ2n) is 4.60. The molecule has 0 aliphatic carbocycles. The van der Waals surface area contributed by atoms with Gasteiger partial charge in [-0.1, -0.05) is 28.1 Å². The third kappa shape index (κ3) is 4.06. The summed E-state index contributed by atoms with van der Waals surface area (Å²) >= 11 is 3.38. The third-order valence-electron chi connectivity index (χ3n) is 2.84. The van der Waals surface area contributed by atoms with Crippen LogP contribution in [0.4, 0.5) is 0 Å². The number of aryl methyl sites for hydroxylation is 1. The highest BCUT2D eigenvalue weighted by atomic mass is 79.9. The predicted octanol–water partition coefficient (Wildman–Crippen LogP) is 2.85. The van der Waals surface area contributed by atoms with E-state index in [1.807, 2.05) is 43.6 Å². The molecule has 0 N–H and O–H groups in total. The average molecular weight is 334 g/mol. The molecule has 2 rings (SSSR count). The molecule has 1 amide bonds. The molecule has 0 spiro atoms. The Morgan fingerprint density at radius 2 is 2.10 bits per heavy atom. The van der Waals surface area contributed by atoms with Gasteiger partial charge in [-0.3, -0.25) is 9.48 Å². The van der Waals surface area contributed by atoms with E-state index in [4.69, 9.17) is 0 Å². The summed E-state index contributed by atoms with van der Waals surface area (Å²) in [4.78, 5) is 13.7. The Morgan fingerprint density at radius 1 is 1.40 bits per heavy atom. The van der Waals surface area contributed by atoms with Gasteiger partial charge in [0.15, 0.2) is 0 Å². The summed E-state index contributed by atoms with van der Waals surface area (Å²) in [6, 6.07) is 7.80. The molecule has 0 radical (unpaired) electrons. The van der Waals surface area contributed by atoms with Crippen LogP contribution < -0.4 is 0 Å². The van der Waals surface area contributed by atoms with Gasteiger partial charge in [0, 0.05) is 42.9 Å². The quantitative estimate of drug-likeness (QED) is 0.807. The van der Waals surface area contributed by atoms with Gasteiger partial charge < -0.3 is 4.90 Å². The number of aromatic nitrogens is 2. The molecule has 0 aliphatic heterocycles.